The van der Waals surface area contributed by atoms with Crippen LogP contribution >= 0.6 is 0 Å². The summed E-state index contributed by atoms with van der Waals surface area (Å²) in [4.78, 5) is 30.9. The summed E-state index contributed by atoms with van der Waals surface area (Å²) in [7, 11) is 0. The molecule has 2 fully saturated rings. The zero-order chi connectivity index (χ0) is 17.2. The molecule has 0 unspecified atom stereocenters. The van der Waals surface area contributed by atoms with E-state index in [2.05, 4.69) is 10.3 Å². The number of furan rings is 1. The molecule has 1 aliphatic heterocycles. The van der Waals surface area contributed by atoms with Crippen LogP contribution in [-0.2, 0) is 4.79 Å². The first-order valence-electron chi connectivity index (χ1n) is 8.41. The monoisotopic (exact) mass is 341 g/mol. The number of pyridine rings is 1. The highest BCUT2D eigenvalue weighted by Crippen LogP contribution is 2.26. The third-order valence-electron chi connectivity index (χ3n) is 4.46. The van der Waals surface area contributed by atoms with Crippen molar-refractivity contribution < 1.29 is 18.7 Å². The van der Waals surface area contributed by atoms with Gasteiger partial charge in [-0.1, -0.05) is 0 Å². The van der Waals surface area contributed by atoms with Crippen molar-refractivity contribution in [1.82, 2.24) is 15.2 Å². The van der Waals surface area contributed by atoms with Crippen LogP contribution in [0.2, 0.25) is 0 Å². The molecule has 2 amide bonds. The van der Waals surface area contributed by atoms with Crippen molar-refractivity contribution >= 4 is 11.8 Å². The summed E-state index contributed by atoms with van der Waals surface area (Å²) < 4.78 is 10.9. The molecule has 2 atom stereocenters. The van der Waals surface area contributed by atoms with Gasteiger partial charge in [0, 0.05) is 18.7 Å². The molecule has 2 aliphatic rings. The van der Waals surface area contributed by atoms with Gasteiger partial charge in [-0.25, -0.2) is 0 Å². The molecule has 1 saturated carbocycles. The van der Waals surface area contributed by atoms with Gasteiger partial charge in [-0.2, -0.15) is 0 Å². The SMILES string of the molecule is O=C(NC1CC1)[C@@H]1C[C@H](Oc2cccnc2)CN1C(=O)c1ccoc1. The van der Waals surface area contributed by atoms with Gasteiger partial charge in [0.2, 0.25) is 5.91 Å². The van der Waals surface area contributed by atoms with E-state index in [0.29, 0.717) is 24.3 Å². The maximum atomic E-state index is 12.7. The molecule has 0 bridgehead atoms. The van der Waals surface area contributed by atoms with Crippen LogP contribution in [-0.4, -0.2) is 46.4 Å². The van der Waals surface area contributed by atoms with Crippen LogP contribution in [0, 0.1) is 0 Å². The largest absolute Gasteiger partial charge is 0.487 e. The second-order valence-electron chi connectivity index (χ2n) is 6.43. The first-order chi connectivity index (χ1) is 12.2. The molecule has 1 aliphatic carbocycles. The molecule has 130 valence electrons. The van der Waals surface area contributed by atoms with Crippen LogP contribution in [0.3, 0.4) is 0 Å². The lowest BCUT2D eigenvalue weighted by Gasteiger charge is -2.23. The maximum absolute atomic E-state index is 12.7. The van der Waals surface area contributed by atoms with Crippen molar-refractivity contribution in [3.63, 3.8) is 0 Å². The first kappa shape index (κ1) is 15.7. The van der Waals surface area contributed by atoms with Crippen LogP contribution in [0.25, 0.3) is 0 Å². The Morgan fingerprint density at radius 1 is 1.32 bits per heavy atom. The zero-order valence-corrected chi connectivity index (χ0v) is 13.6. The van der Waals surface area contributed by atoms with Gasteiger partial charge in [-0.3, -0.25) is 14.6 Å². The highest BCUT2D eigenvalue weighted by molar-refractivity contribution is 5.97. The number of carbonyl (C=O) groups excluding carboxylic acids is 2. The van der Waals surface area contributed by atoms with E-state index in [0.717, 1.165) is 12.8 Å². The number of amides is 2. The lowest BCUT2D eigenvalue weighted by atomic mass is 10.1. The molecule has 1 N–H and O–H groups in total. The molecule has 2 aromatic rings. The highest BCUT2D eigenvalue weighted by Gasteiger charge is 2.42. The fraction of sp³-hybridized carbons (Fsp3) is 0.389. The number of ether oxygens (including phenoxy) is 1. The minimum atomic E-state index is -0.537. The lowest BCUT2D eigenvalue weighted by Crippen LogP contribution is -2.46. The van der Waals surface area contributed by atoms with Crippen molar-refractivity contribution in [2.45, 2.75) is 37.5 Å². The van der Waals surface area contributed by atoms with Gasteiger partial charge < -0.3 is 19.4 Å². The number of rotatable bonds is 5. The van der Waals surface area contributed by atoms with Crippen molar-refractivity contribution in [2.24, 2.45) is 0 Å². The number of hydrogen-bond acceptors (Lipinski definition) is 5. The van der Waals surface area contributed by atoms with E-state index in [9.17, 15) is 9.59 Å². The van der Waals surface area contributed by atoms with Crippen molar-refractivity contribution in [3.05, 3.63) is 48.7 Å². The Morgan fingerprint density at radius 2 is 2.20 bits per heavy atom. The Morgan fingerprint density at radius 3 is 2.88 bits per heavy atom. The Hall–Kier alpha value is -2.83. The fourth-order valence-electron chi connectivity index (χ4n) is 3.04. The van der Waals surface area contributed by atoms with Gasteiger partial charge in [0.15, 0.2) is 0 Å². The molecule has 1 saturated heterocycles. The molecule has 0 radical (unpaired) electrons. The minimum Gasteiger partial charge on any atom is -0.487 e. The number of aromatic nitrogens is 1. The number of likely N-dealkylation sites (tertiary alicyclic amines) is 1. The van der Waals surface area contributed by atoms with E-state index in [1.165, 1.54) is 12.5 Å². The number of hydrogen-bond donors (Lipinski definition) is 1. The van der Waals surface area contributed by atoms with Gasteiger partial charge >= 0.3 is 0 Å². The third kappa shape index (κ3) is 3.50. The molecule has 25 heavy (non-hydrogen) atoms. The normalized spacial score (nSPS) is 22.6. The van der Waals surface area contributed by atoms with Gasteiger partial charge in [0.25, 0.3) is 5.91 Å². The van der Waals surface area contributed by atoms with Gasteiger partial charge in [0.05, 0.1) is 24.6 Å². The van der Waals surface area contributed by atoms with Gasteiger partial charge in [-0.15, -0.1) is 0 Å². The van der Waals surface area contributed by atoms with Crippen molar-refractivity contribution in [1.29, 1.82) is 0 Å². The average Bonchev–Trinajstić information content (AvgIpc) is 3.12. The number of carbonyl (C=O) groups is 2. The third-order valence-corrected chi connectivity index (χ3v) is 4.46. The van der Waals surface area contributed by atoms with E-state index in [1.54, 1.807) is 29.4 Å². The van der Waals surface area contributed by atoms with Crippen molar-refractivity contribution in [2.75, 3.05) is 6.54 Å². The Bertz CT molecular complexity index is 743. The Labute approximate surface area is 145 Å². The average molecular weight is 341 g/mol. The number of nitrogens with zero attached hydrogens (tertiary/aromatic N) is 2. The molecule has 7 nitrogen and oxygen atoms in total. The van der Waals surface area contributed by atoms with Gasteiger partial charge in [-0.05, 0) is 31.0 Å². The Balaban J connectivity index is 1.51. The molecule has 7 heteroatoms. The summed E-state index contributed by atoms with van der Waals surface area (Å²) in [6.45, 7) is 0.349. The first-order valence-corrected chi connectivity index (χ1v) is 8.41. The fourth-order valence-corrected chi connectivity index (χ4v) is 3.04. The second kappa shape index (κ2) is 6.58. The van der Waals surface area contributed by atoms with Crippen LogP contribution in [0.15, 0.2) is 47.5 Å². The standard InChI is InChI=1S/C18H19N3O4/c22-17(20-13-3-4-13)16-8-15(25-14-2-1-6-19-9-14)10-21(16)18(23)12-5-7-24-11-12/h1-2,5-7,9,11,13,15-16H,3-4,8,10H2,(H,20,22)/t15-,16-/m0/s1. The van der Waals surface area contributed by atoms with E-state index < -0.39 is 6.04 Å². The molecule has 4 rings (SSSR count). The van der Waals surface area contributed by atoms with E-state index in [-0.39, 0.29) is 24.0 Å². The summed E-state index contributed by atoms with van der Waals surface area (Å²) in [5, 5.41) is 2.99. The molecular formula is C18H19N3O4. The predicted molar refractivity (Wildman–Crippen MR) is 88.0 cm³/mol. The second-order valence-corrected chi connectivity index (χ2v) is 6.43. The summed E-state index contributed by atoms with van der Waals surface area (Å²) in [6.07, 6.45) is 8.35. The molecular weight excluding hydrogens is 322 g/mol. The van der Waals surface area contributed by atoms with Crippen LogP contribution in [0.4, 0.5) is 0 Å². The summed E-state index contributed by atoms with van der Waals surface area (Å²) in [5.41, 5.74) is 0.436. The zero-order valence-electron chi connectivity index (χ0n) is 13.6. The topological polar surface area (TPSA) is 84.7 Å². The van der Waals surface area contributed by atoms with E-state index in [1.807, 2.05) is 6.07 Å². The van der Waals surface area contributed by atoms with E-state index in [4.69, 9.17) is 9.15 Å². The van der Waals surface area contributed by atoms with Crippen molar-refractivity contribution in [3.8, 4) is 5.75 Å². The van der Waals surface area contributed by atoms with Crippen LogP contribution in [0.5, 0.6) is 5.75 Å². The van der Waals surface area contributed by atoms with Crippen LogP contribution < -0.4 is 10.1 Å². The molecule has 0 aromatic carbocycles. The van der Waals surface area contributed by atoms with Gasteiger partial charge in [0.1, 0.15) is 24.2 Å². The predicted octanol–water partition coefficient (Wildman–Crippen LogP) is 1.62. The molecule has 2 aromatic heterocycles. The Kier molecular flexibility index (Phi) is 4.13. The number of nitrogens with one attached hydrogen (secondary N) is 1. The summed E-state index contributed by atoms with van der Waals surface area (Å²) in [5.74, 6) is 0.296. The quantitative estimate of drug-likeness (QED) is 0.893. The molecule has 3 heterocycles. The lowest BCUT2D eigenvalue weighted by molar-refractivity contribution is -0.125. The minimum absolute atomic E-state index is 0.114. The van der Waals surface area contributed by atoms with E-state index >= 15 is 0 Å². The highest BCUT2D eigenvalue weighted by atomic mass is 16.5. The maximum Gasteiger partial charge on any atom is 0.257 e. The summed E-state index contributed by atoms with van der Waals surface area (Å²) >= 11 is 0. The summed E-state index contributed by atoms with van der Waals surface area (Å²) in [6, 6.07) is 4.91. The van der Waals surface area contributed by atoms with Crippen LogP contribution in [0.1, 0.15) is 29.6 Å². The molecule has 0 spiro atoms. The smallest absolute Gasteiger partial charge is 0.257 e.